The first kappa shape index (κ1) is 31.6. The number of aromatic nitrogens is 2. The molecule has 0 saturated heterocycles. The molecule has 5 heteroatoms. The fourth-order valence-corrected chi connectivity index (χ4v) is 6.87. The van der Waals surface area contributed by atoms with Crippen LogP contribution in [0.1, 0.15) is 84.6 Å². The van der Waals surface area contributed by atoms with Crippen molar-refractivity contribution in [1.82, 2.24) is 9.97 Å². The third-order valence-electron chi connectivity index (χ3n) is 8.62. The van der Waals surface area contributed by atoms with Crippen LogP contribution in [0.2, 0.25) is 0 Å². The summed E-state index contributed by atoms with van der Waals surface area (Å²) in [5, 5.41) is 14.6. The van der Waals surface area contributed by atoms with E-state index < -0.39 is 0 Å². The number of pyridine rings is 1. The molecule has 0 amide bonds. The van der Waals surface area contributed by atoms with Crippen LogP contribution in [0.5, 0.6) is 5.75 Å². The summed E-state index contributed by atoms with van der Waals surface area (Å²) in [6, 6.07) is 25.4. The lowest BCUT2D eigenvalue weighted by Crippen LogP contribution is -2.17. The molecule has 2 heterocycles. The van der Waals surface area contributed by atoms with Crippen LogP contribution in [0, 0.1) is 0 Å². The van der Waals surface area contributed by atoms with Crippen LogP contribution in [-0.2, 0) is 16.2 Å². The molecule has 46 heavy (non-hydrogen) atoms. The average Bonchev–Trinajstić information content (AvgIpc) is 3.43. The zero-order valence-electron chi connectivity index (χ0n) is 28.4. The van der Waals surface area contributed by atoms with E-state index in [1.54, 1.807) is 17.6 Å². The molecule has 0 aliphatic carbocycles. The quantitative estimate of drug-likeness (QED) is 0.198. The lowest BCUT2D eigenvalue weighted by atomic mass is 9.79. The Morgan fingerprint density at radius 2 is 1.41 bits per heavy atom. The van der Waals surface area contributed by atoms with Crippen molar-refractivity contribution >= 4 is 44.2 Å². The highest BCUT2D eigenvalue weighted by Gasteiger charge is 2.25. The minimum Gasteiger partial charge on any atom is -0.507 e. The van der Waals surface area contributed by atoms with Gasteiger partial charge in [0.05, 0.1) is 15.9 Å². The van der Waals surface area contributed by atoms with Gasteiger partial charge in [-0.05, 0) is 74.7 Å². The number of aliphatic imine (C=N–C) groups is 1. The Bertz CT molecular complexity index is 2110. The third kappa shape index (κ3) is 6.09. The first-order valence-electron chi connectivity index (χ1n) is 15.9. The van der Waals surface area contributed by atoms with Crippen molar-refractivity contribution in [3.8, 4) is 27.4 Å². The van der Waals surface area contributed by atoms with Gasteiger partial charge in [-0.25, -0.2) is 4.98 Å². The highest BCUT2D eigenvalue weighted by atomic mass is 32.1. The molecule has 0 aliphatic heterocycles. The highest BCUT2D eigenvalue weighted by Crippen LogP contribution is 2.43. The lowest BCUT2D eigenvalue weighted by molar-refractivity contribution is 0.444. The van der Waals surface area contributed by atoms with Gasteiger partial charge in [-0.2, -0.15) is 0 Å². The van der Waals surface area contributed by atoms with Crippen LogP contribution in [-0.4, -0.2) is 21.3 Å². The predicted molar refractivity (Wildman–Crippen MR) is 197 cm³/mol. The number of phenols is 1. The molecular weight excluding hydrogens is 583 g/mol. The normalized spacial score (nSPS) is 12.9. The smallest absolute Gasteiger partial charge is 0.128 e. The molecule has 0 radical (unpaired) electrons. The highest BCUT2D eigenvalue weighted by molar-refractivity contribution is 7.21. The predicted octanol–water partition coefficient (Wildman–Crippen LogP) is 11.5. The van der Waals surface area contributed by atoms with Gasteiger partial charge < -0.3 is 5.11 Å². The maximum absolute atomic E-state index is 11.4. The van der Waals surface area contributed by atoms with E-state index in [2.05, 4.69) is 122 Å². The van der Waals surface area contributed by atoms with Gasteiger partial charge in [0.1, 0.15) is 10.8 Å². The summed E-state index contributed by atoms with van der Waals surface area (Å²) in [4.78, 5) is 14.6. The Hall–Kier alpha value is -4.35. The summed E-state index contributed by atoms with van der Waals surface area (Å²) < 4.78 is 1.15. The zero-order valence-corrected chi connectivity index (χ0v) is 29.2. The molecule has 4 nitrogen and oxygen atoms in total. The van der Waals surface area contributed by atoms with Gasteiger partial charge in [-0.3, -0.25) is 9.98 Å². The van der Waals surface area contributed by atoms with Crippen molar-refractivity contribution < 1.29 is 5.11 Å². The Kier molecular flexibility index (Phi) is 7.88. The molecule has 2 aromatic heterocycles. The number of rotatable bonds is 4. The Balaban J connectivity index is 1.51. The lowest BCUT2D eigenvalue weighted by Gasteiger charge is -2.27. The average molecular weight is 626 g/mol. The molecule has 6 aromatic rings. The van der Waals surface area contributed by atoms with E-state index in [4.69, 9.17) is 9.98 Å². The van der Waals surface area contributed by atoms with E-state index in [-0.39, 0.29) is 22.0 Å². The van der Waals surface area contributed by atoms with E-state index in [0.717, 1.165) is 59.5 Å². The number of aromatic hydroxyl groups is 1. The number of benzene rings is 4. The van der Waals surface area contributed by atoms with E-state index >= 15 is 0 Å². The second-order valence-electron chi connectivity index (χ2n) is 15.3. The summed E-state index contributed by atoms with van der Waals surface area (Å²) in [6.45, 7) is 19.8. The Labute approximate surface area is 276 Å². The fourth-order valence-electron chi connectivity index (χ4n) is 5.81. The third-order valence-corrected chi connectivity index (χ3v) is 9.66. The molecule has 6 rings (SSSR count). The van der Waals surface area contributed by atoms with Gasteiger partial charge in [0, 0.05) is 46.2 Å². The molecular formula is C41H43N3OS. The monoisotopic (exact) mass is 625 g/mol. The molecule has 0 aliphatic rings. The minimum absolute atomic E-state index is 0.0308. The van der Waals surface area contributed by atoms with Gasteiger partial charge in [-0.15, -0.1) is 11.3 Å². The standard InChI is InChI=1S/C41H43N3OS/c1-39(2,3)27-19-26(37(45)33(21-27)41(7,8)9)24-43-34-16-11-10-14-31(34)38-44-36-32(20-28(40(4,5)6)22-35(36)46-38)30-15-12-13-25-23-42-18-17-29(25)30/h10-24,45H,1-9H3. The van der Waals surface area contributed by atoms with Gasteiger partial charge >= 0.3 is 0 Å². The molecule has 0 saturated carbocycles. The molecule has 0 fully saturated rings. The largest absolute Gasteiger partial charge is 0.507 e. The van der Waals surface area contributed by atoms with Crippen molar-refractivity contribution in [2.45, 2.75) is 78.6 Å². The van der Waals surface area contributed by atoms with Crippen LogP contribution >= 0.6 is 11.3 Å². The summed E-state index contributed by atoms with van der Waals surface area (Å²) in [6.07, 6.45) is 5.58. The van der Waals surface area contributed by atoms with Crippen LogP contribution in [0.15, 0.2) is 90.2 Å². The van der Waals surface area contributed by atoms with Crippen LogP contribution in [0.4, 0.5) is 5.69 Å². The Morgan fingerprint density at radius 1 is 0.717 bits per heavy atom. The molecule has 0 unspecified atom stereocenters. The first-order chi connectivity index (χ1) is 21.6. The molecule has 1 N–H and O–H groups in total. The van der Waals surface area contributed by atoms with Gasteiger partial charge in [0.25, 0.3) is 0 Å². The van der Waals surface area contributed by atoms with Crippen molar-refractivity contribution in [3.05, 3.63) is 107 Å². The van der Waals surface area contributed by atoms with Gasteiger partial charge in [0.15, 0.2) is 0 Å². The van der Waals surface area contributed by atoms with Crippen molar-refractivity contribution in [2.24, 2.45) is 4.99 Å². The van der Waals surface area contributed by atoms with Crippen LogP contribution in [0.25, 0.3) is 42.7 Å². The minimum atomic E-state index is -0.211. The number of phenolic OH excluding ortho intramolecular Hbond substituents is 1. The molecule has 0 atom stereocenters. The van der Waals surface area contributed by atoms with Crippen molar-refractivity contribution in [2.75, 3.05) is 0 Å². The molecule has 0 spiro atoms. The maximum atomic E-state index is 11.4. The number of para-hydroxylation sites is 1. The van der Waals surface area contributed by atoms with Crippen molar-refractivity contribution in [3.63, 3.8) is 0 Å². The molecule has 4 aromatic carbocycles. The summed E-state index contributed by atoms with van der Waals surface area (Å²) >= 11 is 1.70. The van der Waals surface area contributed by atoms with Gasteiger partial charge in [0.2, 0.25) is 0 Å². The second kappa shape index (κ2) is 11.5. The van der Waals surface area contributed by atoms with E-state index in [9.17, 15) is 5.11 Å². The summed E-state index contributed by atoms with van der Waals surface area (Å²) in [7, 11) is 0. The number of hydrogen-bond acceptors (Lipinski definition) is 5. The van der Waals surface area contributed by atoms with Crippen LogP contribution < -0.4 is 0 Å². The van der Waals surface area contributed by atoms with Crippen molar-refractivity contribution in [1.29, 1.82) is 0 Å². The van der Waals surface area contributed by atoms with E-state index in [1.807, 2.05) is 30.6 Å². The number of thiazole rings is 1. The fraction of sp³-hybridized carbons (Fsp3) is 0.293. The summed E-state index contributed by atoms with van der Waals surface area (Å²) in [5.74, 6) is 0.284. The maximum Gasteiger partial charge on any atom is 0.128 e. The Morgan fingerprint density at radius 3 is 2.13 bits per heavy atom. The van der Waals surface area contributed by atoms with E-state index in [1.165, 1.54) is 11.1 Å². The van der Waals surface area contributed by atoms with Crippen LogP contribution in [0.3, 0.4) is 0 Å². The SMILES string of the molecule is CC(C)(C)c1cc(C=Nc2ccccc2-c2nc3c(-c4cccc5cnccc45)cc(C(C)(C)C)cc3s2)c(O)c(C(C)(C)C)c1. The second-order valence-corrected chi connectivity index (χ2v) is 16.3. The molecule has 0 bridgehead atoms. The topological polar surface area (TPSA) is 58.4 Å². The first-order valence-corrected chi connectivity index (χ1v) is 16.7. The van der Waals surface area contributed by atoms with Gasteiger partial charge in [-0.1, -0.05) is 98.7 Å². The summed E-state index contributed by atoms with van der Waals surface area (Å²) in [5.41, 5.74) is 8.82. The number of nitrogens with zero attached hydrogens (tertiary/aromatic N) is 3. The van der Waals surface area contributed by atoms with E-state index in [0.29, 0.717) is 0 Å². The number of hydrogen-bond donors (Lipinski definition) is 1. The number of fused-ring (bicyclic) bond motifs is 2. The molecule has 234 valence electrons. The zero-order chi connectivity index (χ0) is 33.0.